The average Bonchev–Trinajstić information content (AvgIpc) is 3.06. The van der Waals surface area contributed by atoms with E-state index in [1.807, 2.05) is 49.0 Å². The van der Waals surface area contributed by atoms with Crippen molar-refractivity contribution in [3.8, 4) is 16.9 Å². The Balaban J connectivity index is 1.53. The van der Waals surface area contributed by atoms with Crippen molar-refractivity contribution >= 4 is 21.9 Å². The molecular weight excluding hydrogens is 447 g/mol. The van der Waals surface area contributed by atoms with Crippen LogP contribution in [0.15, 0.2) is 47.4 Å². The van der Waals surface area contributed by atoms with Crippen molar-refractivity contribution in [1.29, 1.82) is 0 Å². The van der Waals surface area contributed by atoms with Gasteiger partial charge < -0.3 is 14.4 Å². The lowest BCUT2D eigenvalue weighted by molar-refractivity contribution is 0.00635. The zero-order valence-electron chi connectivity index (χ0n) is 20.6. The zero-order chi connectivity index (χ0) is 24.7. The van der Waals surface area contributed by atoms with Crippen molar-refractivity contribution in [3.05, 3.63) is 58.9 Å². The maximum atomic E-state index is 15.2. The van der Waals surface area contributed by atoms with Crippen LogP contribution in [0.25, 0.3) is 33.1 Å². The number of hydrogen-bond donors (Lipinski definition) is 0. The van der Waals surface area contributed by atoms with Gasteiger partial charge in [-0.25, -0.2) is 9.18 Å². The molecule has 0 N–H and O–H groups in total. The number of halogens is 1. The van der Waals surface area contributed by atoms with E-state index in [1.165, 1.54) is 6.07 Å². The second-order valence-electron chi connectivity index (χ2n) is 9.57. The van der Waals surface area contributed by atoms with Gasteiger partial charge in [-0.15, -0.1) is 0 Å². The topological polar surface area (TPSA) is 61.5 Å². The van der Waals surface area contributed by atoms with Crippen LogP contribution in [-0.4, -0.2) is 59.5 Å². The first-order chi connectivity index (χ1) is 16.9. The summed E-state index contributed by atoms with van der Waals surface area (Å²) in [6.07, 6.45) is 4.31. The molecule has 1 fully saturated rings. The van der Waals surface area contributed by atoms with E-state index >= 15 is 4.39 Å². The van der Waals surface area contributed by atoms with Crippen LogP contribution in [0.5, 0.6) is 5.75 Å². The van der Waals surface area contributed by atoms with Crippen molar-refractivity contribution in [2.24, 2.45) is 7.05 Å². The van der Waals surface area contributed by atoms with E-state index < -0.39 is 0 Å². The first-order valence-electron chi connectivity index (χ1n) is 12.0. The number of ether oxygens (including phenoxy) is 2. The Bertz CT molecular complexity index is 1420. The number of nitrogens with zero attached hydrogens (tertiary/aromatic N) is 4. The summed E-state index contributed by atoms with van der Waals surface area (Å²) in [5.74, 6) is 0.407. The molecule has 1 aliphatic rings. The van der Waals surface area contributed by atoms with Crippen LogP contribution in [0.2, 0.25) is 0 Å². The lowest BCUT2D eigenvalue weighted by Gasteiger charge is -2.34. The van der Waals surface area contributed by atoms with Gasteiger partial charge >= 0.3 is 5.69 Å². The summed E-state index contributed by atoms with van der Waals surface area (Å²) in [6, 6.07) is 10.8. The van der Waals surface area contributed by atoms with E-state index in [1.54, 1.807) is 24.9 Å². The molecule has 2 aromatic carbocycles. The summed E-state index contributed by atoms with van der Waals surface area (Å²) in [5, 5.41) is 0.765. The number of methoxy groups -OCH3 is 1. The number of aryl methyl sites for hydroxylation is 1. The fourth-order valence-corrected chi connectivity index (χ4v) is 4.85. The van der Waals surface area contributed by atoms with Crippen LogP contribution in [0.1, 0.15) is 25.3 Å². The molecule has 2 aromatic heterocycles. The summed E-state index contributed by atoms with van der Waals surface area (Å²) in [4.78, 5) is 19.7. The summed E-state index contributed by atoms with van der Waals surface area (Å²) in [6.45, 7) is 1.59. The van der Waals surface area contributed by atoms with Gasteiger partial charge in [0.05, 0.1) is 35.5 Å². The third-order valence-corrected chi connectivity index (χ3v) is 6.96. The second-order valence-corrected chi connectivity index (χ2v) is 9.57. The number of pyridine rings is 1. The number of rotatable bonds is 8. The fourth-order valence-electron chi connectivity index (χ4n) is 4.85. The lowest BCUT2D eigenvalue weighted by atomic mass is 9.89. The Hall–Kier alpha value is -3.23. The minimum atomic E-state index is -0.350. The van der Waals surface area contributed by atoms with Gasteiger partial charge in [0.15, 0.2) is 0 Å². The maximum Gasteiger partial charge on any atom is 0.329 e. The van der Waals surface area contributed by atoms with E-state index in [2.05, 4.69) is 9.88 Å². The molecule has 184 valence electrons. The molecule has 0 bridgehead atoms. The van der Waals surface area contributed by atoms with Crippen molar-refractivity contribution in [3.63, 3.8) is 0 Å². The Morgan fingerprint density at radius 3 is 2.60 bits per heavy atom. The highest BCUT2D eigenvalue weighted by molar-refractivity contribution is 6.04. The molecule has 0 amide bonds. The molecule has 0 aliphatic heterocycles. The summed E-state index contributed by atoms with van der Waals surface area (Å²) in [5.41, 5.74) is 3.19. The Morgan fingerprint density at radius 1 is 1.17 bits per heavy atom. The standard InChI is InChI=1S/C27H31FN4O3/c1-30(2)10-5-11-35-19-8-6-17(7-9-19)21-14-22-24(15-23(21)28)29-16-25-26(22)32(27(33)31(25)3)18-12-20(13-18)34-4/h6-9,14-16,18,20H,5,10-13H2,1-4H3/t18-,20+. The minimum Gasteiger partial charge on any atom is -0.494 e. The van der Waals surface area contributed by atoms with Gasteiger partial charge in [0, 0.05) is 43.8 Å². The molecular formula is C27H31FN4O3. The van der Waals surface area contributed by atoms with E-state index in [9.17, 15) is 4.79 Å². The molecule has 1 aliphatic carbocycles. The number of hydrogen-bond acceptors (Lipinski definition) is 5. The molecule has 7 nitrogen and oxygen atoms in total. The Morgan fingerprint density at radius 2 is 1.91 bits per heavy atom. The molecule has 4 aromatic rings. The molecule has 1 saturated carbocycles. The quantitative estimate of drug-likeness (QED) is 0.352. The highest BCUT2D eigenvalue weighted by Gasteiger charge is 2.33. The fraction of sp³-hybridized carbons (Fsp3) is 0.407. The number of benzene rings is 2. The van der Waals surface area contributed by atoms with Crippen LogP contribution >= 0.6 is 0 Å². The normalized spacial score (nSPS) is 17.9. The van der Waals surface area contributed by atoms with Crippen LogP contribution in [0, 0.1) is 5.82 Å². The molecule has 0 radical (unpaired) electrons. The SMILES string of the molecule is CO[C@H]1C[C@@H](n2c(=O)n(C)c3cnc4cc(F)c(-c5ccc(OCCCN(C)C)cc5)cc4c32)C1. The van der Waals surface area contributed by atoms with Gasteiger partial charge in [-0.1, -0.05) is 12.1 Å². The number of aromatic nitrogens is 3. The van der Waals surface area contributed by atoms with Crippen molar-refractivity contribution in [1.82, 2.24) is 19.0 Å². The zero-order valence-corrected chi connectivity index (χ0v) is 20.6. The molecule has 5 rings (SSSR count). The highest BCUT2D eigenvalue weighted by Crippen LogP contribution is 2.38. The Labute approximate surface area is 203 Å². The van der Waals surface area contributed by atoms with E-state index in [4.69, 9.17) is 9.47 Å². The Kier molecular flexibility index (Phi) is 6.34. The van der Waals surface area contributed by atoms with Gasteiger partial charge in [0.1, 0.15) is 11.6 Å². The largest absolute Gasteiger partial charge is 0.494 e. The summed E-state index contributed by atoms with van der Waals surface area (Å²) in [7, 11) is 7.52. The van der Waals surface area contributed by atoms with Crippen LogP contribution < -0.4 is 10.4 Å². The highest BCUT2D eigenvalue weighted by atomic mass is 19.1. The predicted octanol–water partition coefficient (Wildman–Crippen LogP) is 4.37. The molecule has 0 spiro atoms. The lowest BCUT2D eigenvalue weighted by Crippen LogP contribution is -2.37. The third kappa shape index (κ3) is 4.32. The molecule has 35 heavy (non-hydrogen) atoms. The number of fused-ring (bicyclic) bond motifs is 3. The van der Waals surface area contributed by atoms with E-state index in [0.29, 0.717) is 17.7 Å². The number of imidazole rings is 1. The summed E-state index contributed by atoms with van der Waals surface area (Å²) < 4.78 is 29.9. The van der Waals surface area contributed by atoms with Crippen LogP contribution in [0.4, 0.5) is 4.39 Å². The van der Waals surface area contributed by atoms with Gasteiger partial charge in [0.2, 0.25) is 0 Å². The van der Waals surface area contributed by atoms with Crippen LogP contribution in [0.3, 0.4) is 0 Å². The van der Waals surface area contributed by atoms with Crippen molar-refractivity contribution in [2.75, 3.05) is 34.4 Å². The molecule has 0 atom stereocenters. The van der Waals surface area contributed by atoms with Gasteiger partial charge in [-0.05, 0) is 57.1 Å². The van der Waals surface area contributed by atoms with E-state index in [0.717, 1.165) is 53.5 Å². The monoisotopic (exact) mass is 478 g/mol. The van der Waals surface area contributed by atoms with Crippen molar-refractivity contribution in [2.45, 2.75) is 31.4 Å². The average molecular weight is 479 g/mol. The van der Waals surface area contributed by atoms with Crippen molar-refractivity contribution < 1.29 is 13.9 Å². The first kappa shape index (κ1) is 23.5. The molecule has 0 unspecified atom stereocenters. The van der Waals surface area contributed by atoms with Gasteiger partial charge in [-0.2, -0.15) is 0 Å². The van der Waals surface area contributed by atoms with Gasteiger partial charge in [-0.3, -0.25) is 14.1 Å². The minimum absolute atomic E-state index is 0.0548. The molecule has 0 saturated heterocycles. The second kappa shape index (κ2) is 9.43. The molecule has 8 heteroatoms. The first-order valence-corrected chi connectivity index (χ1v) is 12.0. The third-order valence-electron chi connectivity index (χ3n) is 6.96. The van der Waals surface area contributed by atoms with E-state index in [-0.39, 0.29) is 23.7 Å². The van der Waals surface area contributed by atoms with Gasteiger partial charge in [0.25, 0.3) is 0 Å². The summed E-state index contributed by atoms with van der Waals surface area (Å²) >= 11 is 0. The predicted molar refractivity (Wildman–Crippen MR) is 136 cm³/mol. The molecule has 2 heterocycles. The maximum absolute atomic E-state index is 15.2. The van der Waals surface area contributed by atoms with Crippen LogP contribution in [-0.2, 0) is 11.8 Å². The smallest absolute Gasteiger partial charge is 0.329 e.